The van der Waals surface area contributed by atoms with Crippen LogP contribution < -0.4 is 15.5 Å². The number of amides is 2. The molecule has 2 N–H and O–H groups in total. The van der Waals surface area contributed by atoms with E-state index in [-0.39, 0.29) is 30.0 Å². The molecule has 2 saturated heterocycles. The number of hydrogen-bond acceptors (Lipinski definition) is 11. The molecule has 0 aromatic carbocycles. The summed E-state index contributed by atoms with van der Waals surface area (Å²) in [5, 5.41) is 17.0. The number of azide groups is 1. The van der Waals surface area contributed by atoms with E-state index >= 15 is 0 Å². The Morgan fingerprint density at radius 2 is 2.00 bits per heavy atom. The molecule has 3 aromatic heterocycles. The molecule has 6 rings (SSSR count). The third-order valence-electron chi connectivity index (χ3n) is 7.83. The quantitative estimate of drug-likeness (QED) is 0.159. The summed E-state index contributed by atoms with van der Waals surface area (Å²) in [4.78, 5) is 44.7. The molecule has 0 aliphatic carbocycles. The molecule has 0 atom stereocenters. The molecule has 6 heterocycles. The molecule has 17 heteroatoms. The lowest BCUT2D eigenvalue weighted by atomic mass is 9.97. The largest absolute Gasteiger partial charge is 0.366 e. The topological polar surface area (TPSA) is 190 Å². The maximum absolute atomic E-state index is 14.3. The monoisotopic (exact) mass is 605 g/mol. The highest BCUT2D eigenvalue weighted by atomic mass is 19.1. The van der Waals surface area contributed by atoms with Gasteiger partial charge in [-0.05, 0) is 12.5 Å². The van der Waals surface area contributed by atoms with Gasteiger partial charge in [-0.25, -0.2) is 19.3 Å². The van der Waals surface area contributed by atoms with Gasteiger partial charge in [0.25, 0.3) is 5.91 Å². The molecule has 3 aliphatic rings. The average molecular weight is 606 g/mol. The van der Waals surface area contributed by atoms with Crippen LogP contribution in [0.2, 0.25) is 0 Å². The van der Waals surface area contributed by atoms with Gasteiger partial charge in [0.05, 0.1) is 29.9 Å². The van der Waals surface area contributed by atoms with E-state index in [9.17, 15) is 14.0 Å². The number of ether oxygens (including phenoxy) is 1. The number of rotatable bonds is 14. The molecule has 2 amide bonds. The molecule has 0 spiro atoms. The summed E-state index contributed by atoms with van der Waals surface area (Å²) in [6.45, 7) is 6.70. The molecule has 0 saturated carbocycles. The molecule has 0 unspecified atom stereocenters. The minimum absolute atomic E-state index is 0.0127. The van der Waals surface area contributed by atoms with Crippen LogP contribution in [-0.4, -0.2) is 100 Å². The van der Waals surface area contributed by atoms with Crippen LogP contribution in [0, 0.1) is 18.7 Å². The van der Waals surface area contributed by atoms with Crippen molar-refractivity contribution in [2.75, 3.05) is 62.6 Å². The minimum Gasteiger partial charge on any atom is -0.366 e. The van der Waals surface area contributed by atoms with Gasteiger partial charge in [-0.15, -0.1) is 0 Å². The number of imidazole rings is 1. The predicted molar refractivity (Wildman–Crippen MR) is 156 cm³/mol. The number of carbonyl (C=O) groups excluding carboxylic acids is 2. The van der Waals surface area contributed by atoms with Gasteiger partial charge in [0, 0.05) is 87.9 Å². The van der Waals surface area contributed by atoms with Crippen molar-refractivity contribution in [3.05, 3.63) is 58.5 Å². The van der Waals surface area contributed by atoms with Gasteiger partial charge >= 0.3 is 0 Å². The number of halogens is 1. The van der Waals surface area contributed by atoms with Gasteiger partial charge in [0.15, 0.2) is 17.1 Å². The Kier molecular flexibility index (Phi) is 8.32. The summed E-state index contributed by atoms with van der Waals surface area (Å²) in [7, 11) is 0. The highest BCUT2D eigenvalue weighted by molar-refractivity contribution is 6.02. The van der Waals surface area contributed by atoms with Crippen molar-refractivity contribution in [3.8, 4) is 0 Å². The van der Waals surface area contributed by atoms with E-state index in [0.717, 1.165) is 32.7 Å². The zero-order valence-corrected chi connectivity index (χ0v) is 24.1. The zero-order chi connectivity index (χ0) is 30.7. The maximum atomic E-state index is 14.3. The number of carbonyl (C=O) groups is 2. The van der Waals surface area contributed by atoms with E-state index in [2.05, 4.69) is 55.6 Å². The van der Waals surface area contributed by atoms with Crippen molar-refractivity contribution in [3.63, 3.8) is 0 Å². The lowest BCUT2D eigenvalue weighted by molar-refractivity contribution is -0.132. The normalized spacial score (nSPS) is 17.5. The summed E-state index contributed by atoms with van der Waals surface area (Å²) in [5.74, 6) is -0.0115. The van der Waals surface area contributed by atoms with Crippen molar-refractivity contribution in [2.24, 2.45) is 21.3 Å². The number of fused-ring (bicyclic) bond motifs is 1. The summed E-state index contributed by atoms with van der Waals surface area (Å²) >= 11 is 0. The van der Waals surface area contributed by atoms with E-state index in [4.69, 9.17) is 10.3 Å². The number of likely N-dealkylation sites (tertiary alicyclic amines) is 1. The lowest BCUT2D eigenvalue weighted by Gasteiger charge is -2.46. The van der Waals surface area contributed by atoms with Crippen molar-refractivity contribution in [2.45, 2.75) is 31.5 Å². The average Bonchev–Trinajstić information content (AvgIpc) is 3.61. The van der Waals surface area contributed by atoms with Gasteiger partial charge in [-0.1, -0.05) is 5.11 Å². The van der Waals surface area contributed by atoms with Crippen molar-refractivity contribution in [1.29, 1.82) is 0 Å². The smallest absolute Gasteiger partial charge is 0.275 e. The van der Waals surface area contributed by atoms with Gasteiger partial charge in [-0.2, -0.15) is 10.2 Å². The fourth-order valence-corrected chi connectivity index (χ4v) is 5.38. The van der Waals surface area contributed by atoms with Crippen LogP contribution >= 0.6 is 0 Å². The molecule has 0 bridgehead atoms. The molecule has 3 aromatic rings. The second kappa shape index (κ2) is 12.5. The first-order chi connectivity index (χ1) is 21.3. The lowest BCUT2D eigenvalue weighted by Crippen LogP contribution is -2.59. The summed E-state index contributed by atoms with van der Waals surface area (Å²) in [5.41, 5.74) is 9.15. The first-order valence-corrected chi connectivity index (χ1v) is 14.4. The van der Waals surface area contributed by atoms with Crippen molar-refractivity contribution >= 4 is 29.0 Å². The third kappa shape index (κ3) is 6.90. The summed E-state index contributed by atoms with van der Waals surface area (Å²) in [6, 6.07) is 1.23. The fourth-order valence-electron chi connectivity index (χ4n) is 5.38. The minimum atomic E-state index is -0.530. The SMILES string of the molecule is Cc1cn2cc(NC(=O)c3cnc(N4CC(CN5CC(OCC(=O)NCCC6(CCN=[N+]=[N-])N=N6)C5)C4)cn3)cc(F)c2n1. The summed E-state index contributed by atoms with van der Waals surface area (Å²) in [6.07, 6.45) is 7.43. The molecule has 2 fully saturated rings. The second-order valence-electron chi connectivity index (χ2n) is 11.3. The number of aryl methyl sites for hydroxylation is 1. The van der Waals surface area contributed by atoms with Crippen molar-refractivity contribution < 1.29 is 18.7 Å². The van der Waals surface area contributed by atoms with E-state index < -0.39 is 17.4 Å². The van der Waals surface area contributed by atoms with Crippen LogP contribution in [0.25, 0.3) is 16.1 Å². The zero-order valence-electron chi connectivity index (χ0n) is 24.1. The Balaban J connectivity index is 0.851. The summed E-state index contributed by atoms with van der Waals surface area (Å²) < 4.78 is 21.6. The first kappa shape index (κ1) is 29.3. The molecule has 230 valence electrons. The molecular formula is C27H32FN13O3. The molecule has 3 aliphatic heterocycles. The molecule has 44 heavy (non-hydrogen) atoms. The maximum Gasteiger partial charge on any atom is 0.275 e. The van der Waals surface area contributed by atoms with Crippen LogP contribution in [-0.2, 0) is 9.53 Å². The van der Waals surface area contributed by atoms with Crippen molar-refractivity contribution in [1.82, 2.24) is 29.6 Å². The number of anilines is 2. The molecule has 0 radical (unpaired) electrons. The standard InChI is InChI=1S/C27H32FN13O3/c1-17-9-41-13-19(6-21(28)25(41)34-17)35-26(43)22-7-32-23(8-31-22)40-11-18(12-40)10-39-14-20(15-39)44-16-24(42)30-4-2-27(36-37-27)3-5-33-38-29/h6-9,13,18,20H,2-5,10-12,14-16H2,1H3,(H,30,42)(H,35,43). The molecule has 16 nitrogen and oxygen atoms in total. The first-order valence-electron chi connectivity index (χ1n) is 14.4. The Morgan fingerprint density at radius 1 is 1.18 bits per heavy atom. The number of nitrogens with zero attached hydrogens (tertiary/aromatic N) is 11. The van der Waals surface area contributed by atoms with E-state index in [1.165, 1.54) is 16.7 Å². The highest BCUT2D eigenvalue weighted by Gasteiger charge is 2.39. The van der Waals surface area contributed by atoms with E-state index in [1.807, 2.05) is 0 Å². The molecular weight excluding hydrogens is 573 g/mol. The van der Waals surface area contributed by atoms with Gasteiger partial charge in [0.2, 0.25) is 5.91 Å². The van der Waals surface area contributed by atoms with E-state index in [0.29, 0.717) is 49.0 Å². The Bertz CT molecular complexity index is 1600. The van der Waals surface area contributed by atoms with E-state index in [1.54, 1.807) is 25.5 Å². The van der Waals surface area contributed by atoms with Crippen LogP contribution in [0.3, 0.4) is 0 Å². The fraction of sp³-hybridized carbons (Fsp3) is 0.519. The van der Waals surface area contributed by atoms with Gasteiger partial charge < -0.3 is 24.7 Å². The second-order valence-corrected chi connectivity index (χ2v) is 11.3. The van der Waals surface area contributed by atoms with Gasteiger partial charge in [0.1, 0.15) is 18.1 Å². The van der Waals surface area contributed by atoms with Crippen LogP contribution in [0.4, 0.5) is 15.9 Å². The number of nitrogens with one attached hydrogen (secondary N) is 2. The predicted octanol–water partition coefficient (Wildman–Crippen LogP) is 2.33. The Labute approximate surface area is 251 Å². The Hall–Kier alpha value is -4.73. The van der Waals surface area contributed by atoms with Crippen LogP contribution in [0.1, 0.15) is 29.0 Å². The number of aromatic nitrogens is 4. The van der Waals surface area contributed by atoms with Crippen LogP contribution in [0.5, 0.6) is 0 Å². The van der Waals surface area contributed by atoms with Gasteiger partial charge in [-0.3, -0.25) is 14.5 Å². The third-order valence-corrected chi connectivity index (χ3v) is 7.83. The Morgan fingerprint density at radius 3 is 2.73 bits per heavy atom. The number of pyridine rings is 1. The number of hydrogen-bond donors (Lipinski definition) is 2. The highest BCUT2D eigenvalue weighted by Crippen LogP contribution is 2.35. The van der Waals surface area contributed by atoms with Crippen LogP contribution in [0.15, 0.2) is 46.2 Å².